The van der Waals surface area contributed by atoms with Gasteiger partial charge in [-0.1, -0.05) is 23.7 Å². The van der Waals surface area contributed by atoms with Gasteiger partial charge in [-0.3, -0.25) is 10.1 Å². The van der Waals surface area contributed by atoms with Crippen molar-refractivity contribution in [2.75, 3.05) is 7.11 Å². The van der Waals surface area contributed by atoms with Gasteiger partial charge in [0.15, 0.2) is 17.2 Å². The fourth-order valence-electron chi connectivity index (χ4n) is 3.22. The number of cyclic esters (lactones) is 1. The van der Waals surface area contributed by atoms with Crippen LogP contribution in [0.4, 0.5) is 5.69 Å². The summed E-state index contributed by atoms with van der Waals surface area (Å²) in [5.74, 6) is 0.233. The van der Waals surface area contributed by atoms with Crippen molar-refractivity contribution in [2.45, 2.75) is 6.61 Å². The molecule has 0 bridgehead atoms. The number of methoxy groups -OCH3 is 1. The number of aliphatic imine (C=N–C) groups is 1. The normalized spacial score (nSPS) is 14.0. The van der Waals surface area contributed by atoms with E-state index in [0.717, 1.165) is 9.13 Å². The zero-order chi connectivity index (χ0) is 25.1. The Bertz CT molecular complexity index is 1410. The van der Waals surface area contributed by atoms with E-state index in [1.165, 1.54) is 31.4 Å². The Morgan fingerprint density at radius 2 is 2.03 bits per heavy atom. The number of hydrogen-bond donors (Lipinski definition) is 0. The molecule has 0 radical (unpaired) electrons. The SMILES string of the molecule is COc1cc(/C=C2\N=C(c3ccc(Cl)c([N+](=O)[O-])c3)OC2=O)cc(Br)c1OCc1cccc(I)c1. The van der Waals surface area contributed by atoms with Gasteiger partial charge in [0, 0.05) is 15.2 Å². The van der Waals surface area contributed by atoms with E-state index in [9.17, 15) is 14.9 Å². The molecule has 3 aromatic rings. The van der Waals surface area contributed by atoms with Crippen LogP contribution in [0.2, 0.25) is 5.02 Å². The minimum atomic E-state index is -0.688. The predicted molar refractivity (Wildman–Crippen MR) is 143 cm³/mol. The number of hydrogen-bond acceptors (Lipinski definition) is 7. The van der Waals surface area contributed by atoms with Crippen LogP contribution in [0.25, 0.3) is 6.08 Å². The Balaban J connectivity index is 1.61. The molecule has 0 fully saturated rings. The molecule has 0 N–H and O–H groups in total. The Kier molecular flexibility index (Phi) is 7.72. The van der Waals surface area contributed by atoms with E-state index >= 15 is 0 Å². The third kappa shape index (κ3) is 5.82. The summed E-state index contributed by atoms with van der Waals surface area (Å²) in [4.78, 5) is 27.2. The predicted octanol–water partition coefficient (Wildman–Crippen LogP) is 6.55. The second-order valence-electron chi connectivity index (χ2n) is 7.21. The summed E-state index contributed by atoms with van der Waals surface area (Å²) >= 11 is 11.6. The number of nitro benzene ring substituents is 1. The summed E-state index contributed by atoms with van der Waals surface area (Å²) in [6, 6.07) is 15.5. The number of esters is 1. The van der Waals surface area contributed by atoms with Crippen LogP contribution in [-0.4, -0.2) is 23.9 Å². The van der Waals surface area contributed by atoms with Crippen molar-refractivity contribution in [3.63, 3.8) is 0 Å². The molecule has 1 heterocycles. The average molecular weight is 670 g/mol. The summed E-state index contributed by atoms with van der Waals surface area (Å²) in [6.45, 7) is 0.347. The lowest BCUT2D eigenvalue weighted by atomic mass is 10.1. The zero-order valence-corrected chi connectivity index (χ0v) is 22.5. The maximum atomic E-state index is 12.4. The van der Waals surface area contributed by atoms with Crippen LogP contribution in [0.3, 0.4) is 0 Å². The number of carbonyl (C=O) groups is 1. The largest absolute Gasteiger partial charge is 0.493 e. The van der Waals surface area contributed by atoms with Gasteiger partial charge < -0.3 is 14.2 Å². The van der Waals surface area contributed by atoms with Gasteiger partial charge in [-0.15, -0.1) is 0 Å². The van der Waals surface area contributed by atoms with Crippen LogP contribution >= 0.6 is 50.1 Å². The topological polar surface area (TPSA) is 100 Å². The number of benzene rings is 3. The minimum absolute atomic E-state index is 0.0269. The molecule has 35 heavy (non-hydrogen) atoms. The molecule has 0 aliphatic carbocycles. The van der Waals surface area contributed by atoms with E-state index in [2.05, 4.69) is 43.5 Å². The number of rotatable bonds is 7. The first-order valence-corrected chi connectivity index (χ1v) is 12.2. The summed E-state index contributed by atoms with van der Waals surface area (Å²) in [5.41, 5.74) is 1.59. The van der Waals surface area contributed by atoms with Crippen molar-refractivity contribution in [1.29, 1.82) is 0 Å². The molecular formula is C24H15BrClIN2O6. The van der Waals surface area contributed by atoms with Gasteiger partial charge in [0.2, 0.25) is 5.90 Å². The van der Waals surface area contributed by atoms with Crippen molar-refractivity contribution in [1.82, 2.24) is 0 Å². The third-order valence-electron chi connectivity index (χ3n) is 4.84. The lowest BCUT2D eigenvalue weighted by Gasteiger charge is -2.14. The van der Waals surface area contributed by atoms with Gasteiger partial charge in [-0.05, 0) is 92.1 Å². The maximum absolute atomic E-state index is 12.4. The van der Waals surface area contributed by atoms with E-state index in [0.29, 0.717) is 28.1 Å². The highest BCUT2D eigenvalue weighted by atomic mass is 127. The number of nitrogens with zero attached hydrogens (tertiary/aromatic N) is 2. The zero-order valence-electron chi connectivity index (χ0n) is 18.0. The van der Waals surface area contributed by atoms with Crippen LogP contribution in [-0.2, 0) is 16.1 Å². The van der Waals surface area contributed by atoms with Gasteiger partial charge in [0.25, 0.3) is 5.69 Å². The van der Waals surface area contributed by atoms with Gasteiger partial charge in [0.1, 0.15) is 11.6 Å². The molecule has 0 aromatic heterocycles. The minimum Gasteiger partial charge on any atom is -0.493 e. The monoisotopic (exact) mass is 668 g/mol. The Morgan fingerprint density at radius 1 is 1.23 bits per heavy atom. The summed E-state index contributed by atoms with van der Waals surface area (Å²) in [5, 5.41) is 11.1. The van der Waals surface area contributed by atoms with E-state index in [4.69, 9.17) is 25.8 Å². The lowest BCUT2D eigenvalue weighted by molar-refractivity contribution is -0.384. The Hall–Kier alpha value is -2.96. The molecular weight excluding hydrogens is 655 g/mol. The second-order valence-corrected chi connectivity index (χ2v) is 9.72. The van der Waals surface area contributed by atoms with Gasteiger partial charge >= 0.3 is 5.97 Å². The van der Waals surface area contributed by atoms with Crippen molar-refractivity contribution in [3.05, 3.63) is 100 Å². The molecule has 0 saturated carbocycles. The molecule has 0 unspecified atom stereocenters. The van der Waals surface area contributed by atoms with Gasteiger partial charge in [0.05, 0.1) is 16.5 Å². The smallest absolute Gasteiger partial charge is 0.363 e. The Labute approximate surface area is 227 Å². The fraction of sp³-hybridized carbons (Fsp3) is 0.0833. The standard InChI is InChI=1S/C24H15BrClIN2O6/c1-33-21-10-14(8-17(25)22(21)34-12-13-3-2-4-16(27)7-13)9-19-24(30)35-23(28-19)15-5-6-18(26)20(11-15)29(31)32/h2-11H,12H2,1H3/b19-9-. The van der Waals surface area contributed by atoms with E-state index in [1.807, 2.05) is 24.3 Å². The van der Waals surface area contributed by atoms with Crippen molar-refractivity contribution in [3.8, 4) is 11.5 Å². The molecule has 0 amide bonds. The quantitative estimate of drug-likeness (QED) is 0.0931. The first kappa shape index (κ1) is 25.1. The molecule has 0 spiro atoms. The molecule has 0 saturated heterocycles. The first-order chi connectivity index (χ1) is 16.7. The van der Waals surface area contributed by atoms with Crippen molar-refractivity contribution >= 4 is 73.8 Å². The van der Waals surface area contributed by atoms with Crippen molar-refractivity contribution < 1.29 is 23.9 Å². The van der Waals surface area contributed by atoms with E-state index < -0.39 is 10.9 Å². The molecule has 4 rings (SSSR count). The fourth-order valence-corrected chi connectivity index (χ4v) is 4.59. The number of carbonyl (C=O) groups excluding carboxylic acids is 1. The number of halogens is 3. The number of ether oxygens (including phenoxy) is 3. The highest BCUT2D eigenvalue weighted by Gasteiger charge is 2.26. The molecule has 3 aromatic carbocycles. The highest BCUT2D eigenvalue weighted by molar-refractivity contribution is 14.1. The first-order valence-electron chi connectivity index (χ1n) is 9.97. The van der Waals surface area contributed by atoms with Crippen LogP contribution in [0, 0.1) is 13.7 Å². The van der Waals surface area contributed by atoms with Crippen LogP contribution in [0.1, 0.15) is 16.7 Å². The summed E-state index contributed by atoms with van der Waals surface area (Å²) < 4.78 is 18.4. The maximum Gasteiger partial charge on any atom is 0.363 e. The number of nitro groups is 1. The molecule has 178 valence electrons. The van der Waals surface area contributed by atoms with Gasteiger partial charge in [-0.2, -0.15) is 0 Å². The van der Waals surface area contributed by atoms with E-state index in [-0.39, 0.29) is 27.9 Å². The van der Waals surface area contributed by atoms with Gasteiger partial charge in [-0.25, -0.2) is 9.79 Å². The second kappa shape index (κ2) is 10.8. The third-order valence-corrected chi connectivity index (χ3v) is 6.42. The van der Waals surface area contributed by atoms with Crippen molar-refractivity contribution in [2.24, 2.45) is 4.99 Å². The molecule has 1 aliphatic heterocycles. The summed E-state index contributed by atoms with van der Waals surface area (Å²) in [6.07, 6.45) is 1.52. The van der Waals surface area contributed by atoms with Crippen LogP contribution in [0.15, 0.2) is 69.8 Å². The average Bonchev–Trinajstić information content (AvgIpc) is 3.18. The van der Waals surface area contributed by atoms with Crippen LogP contribution in [0.5, 0.6) is 11.5 Å². The Morgan fingerprint density at radius 3 is 2.74 bits per heavy atom. The summed E-state index contributed by atoms with van der Waals surface area (Å²) in [7, 11) is 1.52. The molecule has 8 nitrogen and oxygen atoms in total. The molecule has 11 heteroatoms. The molecule has 0 atom stereocenters. The lowest BCUT2D eigenvalue weighted by Crippen LogP contribution is -2.06. The highest BCUT2D eigenvalue weighted by Crippen LogP contribution is 2.38. The van der Waals surface area contributed by atoms with Crippen LogP contribution < -0.4 is 9.47 Å². The molecule has 1 aliphatic rings. The van der Waals surface area contributed by atoms with E-state index in [1.54, 1.807) is 12.1 Å².